The molecule has 33 heavy (non-hydrogen) atoms. The molecule has 2 fully saturated rings. The van der Waals surface area contributed by atoms with E-state index in [1.165, 1.54) is 18.2 Å². The Bertz CT molecular complexity index is 1230. The minimum absolute atomic E-state index is 0.0340. The van der Waals surface area contributed by atoms with Gasteiger partial charge in [-0.15, -0.1) is 0 Å². The average Bonchev–Trinajstić information content (AvgIpc) is 3.41. The van der Waals surface area contributed by atoms with E-state index in [0.29, 0.717) is 37.2 Å². The Balaban J connectivity index is 1.47. The Kier molecular flexibility index (Phi) is 6.58. The van der Waals surface area contributed by atoms with Crippen molar-refractivity contribution in [2.45, 2.75) is 38.1 Å². The van der Waals surface area contributed by atoms with Gasteiger partial charge in [-0.05, 0) is 67.1 Å². The van der Waals surface area contributed by atoms with Crippen molar-refractivity contribution in [3.8, 4) is 11.3 Å². The van der Waals surface area contributed by atoms with Crippen LogP contribution in [0.3, 0.4) is 0 Å². The molecule has 5 nitrogen and oxygen atoms in total. The van der Waals surface area contributed by atoms with Crippen LogP contribution in [0.4, 0.5) is 5.69 Å². The minimum atomic E-state index is -0.0340. The molecule has 0 radical (unpaired) electrons. The van der Waals surface area contributed by atoms with Crippen LogP contribution in [0.1, 0.15) is 37.9 Å². The van der Waals surface area contributed by atoms with Crippen molar-refractivity contribution in [3.63, 3.8) is 0 Å². The van der Waals surface area contributed by atoms with E-state index in [1.807, 2.05) is 29.2 Å². The number of thioether (sulfide) groups is 1. The van der Waals surface area contributed by atoms with E-state index in [4.69, 9.17) is 32.6 Å². The summed E-state index contributed by atoms with van der Waals surface area (Å²) in [5.41, 5.74) is 1.44. The zero-order chi connectivity index (χ0) is 22.8. The van der Waals surface area contributed by atoms with Crippen LogP contribution in [-0.2, 0) is 4.79 Å². The van der Waals surface area contributed by atoms with E-state index in [9.17, 15) is 4.79 Å². The van der Waals surface area contributed by atoms with Crippen molar-refractivity contribution in [1.82, 2.24) is 9.88 Å². The Labute approximate surface area is 206 Å². The first-order valence-corrected chi connectivity index (χ1v) is 12.4. The predicted octanol–water partition coefficient (Wildman–Crippen LogP) is 7.59. The standard InChI is InChI=1S/C25H21Cl2N3O2S/c26-16-8-10-21(27)20(13-16)22-11-9-19(32-22)14-23-24(31)30(18-6-2-1-3-7-18)25(33-23)29-17-5-4-12-28-15-17/h4-5,8-15,18H,1-3,6-7H2/b23-14+,29-25?. The van der Waals surface area contributed by atoms with Crippen LogP contribution in [0, 0.1) is 0 Å². The number of rotatable bonds is 4. The first-order valence-electron chi connectivity index (χ1n) is 10.9. The van der Waals surface area contributed by atoms with Gasteiger partial charge in [0.1, 0.15) is 11.5 Å². The number of aromatic nitrogens is 1. The normalized spacial score (nSPS) is 19.7. The number of hydrogen-bond acceptors (Lipinski definition) is 5. The van der Waals surface area contributed by atoms with Gasteiger partial charge in [-0.2, -0.15) is 0 Å². The molecule has 0 N–H and O–H groups in total. The van der Waals surface area contributed by atoms with Gasteiger partial charge >= 0.3 is 0 Å². The molecule has 0 spiro atoms. The van der Waals surface area contributed by atoms with Crippen molar-refractivity contribution in [2.75, 3.05) is 0 Å². The smallest absolute Gasteiger partial charge is 0.267 e. The summed E-state index contributed by atoms with van der Waals surface area (Å²) in [6.07, 6.45) is 10.6. The van der Waals surface area contributed by atoms with E-state index < -0.39 is 0 Å². The van der Waals surface area contributed by atoms with Crippen molar-refractivity contribution in [2.24, 2.45) is 4.99 Å². The lowest BCUT2D eigenvalue weighted by molar-refractivity contribution is -0.124. The Morgan fingerprint density at radius 3 is 2.76 bits per heavy atom. The van der Waals surface area contributed by atoms with Crippen LogP contribution in [0.15, 0.2) is 69.2 Å². The summed E-state index contributed by atoms with van der Waals surface area (Å²) >= 11 is 13.8. The second-order valence-corrected chi connectivity index (χ2v) is 9.86. The molecule has 2 aliphatic rings. The molecule has 1 saturated heterocycles. The largest absolute Gasteiger partial charge is 0.457 e. The molecule has 1 aromatic carbocycles. The summed E-state index contributed by atoms with van der Waals surface area (Å²) in [6, 6.07) is 12.8. The topological polar surface area (TPSA) is 58.7 Å². The van der Waals surface area contributed by atoms with Gasteiger partial charge in [0.15, 0.2) is 5.17 Å². The molecule has 1 amide bonds. The van der Waals surface area contributed by atoms with Crippen LogP contribution in [-0.4, -0.2) is 27.0 Å². The van der Waals surface area contributed by atoms with Gasteiger partial charge in [0.2, 0.25) is 0 Å². The number of benzene rings is 1. The second kappa shape index (κ2) is 9.75. The molecule has 1 saturated carbocycles. The van der Waals surface area contributed by atoms with Crippen LogP contribution < -0.4 is 0 Å². The summed E-state index contributed by atoms with van der Waals surface area (Å²) in [4.78, 5) is 24.8. The highest BCUT2D eigenvalue weighted by Gasteiger charge is 2.38. The number of nitrogens with zero attached hydrogens (tertiary/aromatic N) is 3. The maximum Gasteiger partial charge on any atom is 0.267 e. The SMILES string of the molecule is O=C1/C(=C\c2ccc(-c3cc(Cl)ccc3Cl)o2)SC(=Nc2cccnc2)N1C1CCCCC1. The zero-order valence-corrected chi connectivity index (χ0v) is 20.0. The third kappa shape index (κ3) is 4.88. The number of hydrogen-bond donors (Lipinski definition) is 0. The fourth-order valence-corrected chi connectivity index (χ4v) is 5.57. The minimum Gasteiger partial charge on any atom is -0.457 e. The number of furan rings is 1. The highest BCUT2D eigenvalue weighted by molar-refractivity contribution is 8.18. The lowest BCUT2D eigenvalue weighted by Crippen LogP contribution is -2.40. The molecule has 3 aromatic rings. The van der Waals surface area contributed by atoms with Gasteiger partial charge < -0.3 is 4.42 Å². The predicted molar refractivity (Wildman–Crippen MR) is 135 cm³/mol. The number of pyridine rings is 1. The quantitative estimate of drug-likeness (QED) is 0.348. The van der Waals surface area contributed by atoms with E-state index in [0.717, 1.165) is 31.4 Å². The number of aliphatic imine (C=N–C) groups is 1. The third-order valence-corrected chi connectivity index (χ3v) is 7.29. The Hall–Kier alpha value is -2.54. The summed E-state index contributed by atoms with van der Waals surface area (Å²) in [7, 11) is 0. The van der Waals surface area contributed by atoms with Gasteiger partial charge in [0.25, 0.3) is 5.91 Å². The summed E-state index contributed by atoms with van der Waals surface area (Å²) < 4.78 is 6.00. The van der Waals surface area contributed by atoms with Gasteiger partial charge in [-0.25, -0.2) is 4.99 Å². The van der Waals surface area contributed by atoms with Gasteiger partial charge in [0.05, 0.1) is 21.8 Å². The zero-order valence-electron chi connectivity index (χ0n) is 17.7. The maximum absolute atomic E-state index is 13.4. The van der Waals surface area contributed by atoms with E-state index in [1.54, 1.807) is 36.7 Å². The van der Waals surface area contributed by atoms with Crippen molar-refractivity contribution < 1.29 is 9.21 Å². The first kappa shape index (κ1) is 22.3. The molecule has 0 unspecified atom stereocenters. The first-order chi connectivity index (χ1) is 16.1. The highest BCUT2D eigenvalue weighted by atomic mass is 35.5. The summed E-state index contributed by atoms with van der Waals surface area (Å²) in [5, 5.41) is 1.82. The molecule has 2 aromatic heterocycles. The molecule has 1 aliphatic heterocycles. The van der Waals surface area contributed by atoms with Crippen molar-refractivity contribution >= 4 is 57.8 Å². The van der Waals surface area contributed by atoms with E-state index >= 15 is 0 Å². The molecule has 3 heterocycles. The molecule has 0 bridgehead atoms. The number of carbonyl (C=O) groups excluding carboxylic acids is 1. The lowest BCUT2D eigenvalue weighted by atomic mass is 9.94. The number of halogens is 2. The second-order valence-electron chi connectivity index (χ2n) is 8.01. The van der Waals surface area contributed by atoms with E-state index in [-0.39, 0.29) is 11.9 Å². The Morgan fingerprint density at radius 1 is 1.12 bits per heavy atom. The lowest BCUT2D eigenvalue weighted by Gasteiger charge is -2.30. The molecule has 5 rings (SSSR count). The average molecular weight is 498 g/mol. The molecule has 168 valence electrons. The van der Waals surface area contributed by atoms with Crippen molar-refractivity contribution in [1.29, 1.82) is 0 Å². The van der Waals surface area contributed by atoms with Gasteiger partial charge in [0, 0.05) is 28.9 Å². The van der Waals surface area contributed by atoms with Crippen LogP contribution in [0.25, 0.3) is 17.4 Å². The van der Waals surface area contributed by atoms with Crippen LogP contribution in [0.5, 0.6) is 0 Å². The molecule has 8 heteroatoms. The van der Waals surface area contributed by atoms with Gasteiger partial charge in [-0.3, -0.25) is 14.7 Å². The third-order valence-electron chi connectivity index (χ3n) is 5.74. The van der Waals surface area contributed by atoms with E-state index in [2.05, 4.69) is 4.98 Å². The fraction of sp³-hybridized carbons (Fsp3) is 0.240. The molecule has 1 aliphatic carbocycles. The van der Waals surface area contributed by atoms with Crippen LogP contribution >= 0.6 is 35.0 Å². The van der Waals surface area contributed by atoms with Crippen LogP contribution in [0.2, 0.25) is 10.0 Å². The number of amides is 1. The summed E-state index contributed by atoms with van der Waals surface area (Å²) in [5.74, 6) is 1.13. The summed E-state index contributed by atoms with van der Waals surface area (Å²) in [6.45, 7) is 0. The Morgan fingerprint density at radius 2 is 1.97 bits per heavy atom. The maximum atomic E-state index is 13.4. The van der Waals surface area contributed by atoms with Gasteiger partial charge in [-0.1, -0.05) is 42.5 Å². The number of amidine groups is 1. The number of carbonyl (C=O) groups is 1. The molecule has 0 atom stereocenters. The monoisotopic (exact) mass is 497 g/mol. The molecular weight excluding hydrogens is 477 g/mol. The molecular formula is C25H21Cl2N3O2S. The fourth-order valence-electron chi connectivity index (χ4n) is 4.15. The highest BCUT2D eigenvalue weighted by Crippen LogP contribution is 2.39. The van der Waals surface area contributed by atoms with Crippen molar-refractivity contribution in [3.05, 3.63) is 75.6 Å².